The number of likely N-dealkylation sites (tertiary alicyclic amines) is 1. The number of carbonyl (C=O) groups is 4. The number of hydrogen-bond acceptors (Lipinski definition) is 13. The number of benzene rings is 2. The number of β-amino-alcohol motifs (C(OH)–C–C–N with tert-alkyl or cyclic N) is 1. The van der Waals surface area contributed by atoms with Gasteiger partial charge in [0.05, 0.1) is 50.5 Å². The third kappa shape index (κ3) is 11.1. The van der Waals surface area contributed by atoms with E-state index in [1.807, 2.05) is 76.5 Å². The lowest BCUT2D eigenvalue weighted by Gasteiger charge is -2.63. The van der Waals surface area contributed by atoms with Crippen LogP contribution in [0.5, 0.6) is 5.75 Å². The van der Waals surface area contributed by atoms with E-state index in [9.17, 15) is 29.5 Å². The summed E-state index contributed by atoms with van der Waals surface area (Å²) in [4.78, 5) is 71.0. The minimum Gasteiger partial charge on any atom is -0.489 e. The fourth-order valence-electron chi connectivity index (χ4n) is 11.2. The van der Waals surface area contributed by atoms with Crippen LogP contribution in [0.3, 0.4) is 0 Å². The molecule has 2 aliphatic carbocycles. The zero-order valence-corrected chi connectivity index (χ0v) is 44.3. The van der Waals surface area contributed by atoms with Gasteiger partial charge >= 0.3 is 0 Å². The molecule has 2 saturated carbocycles. The largest absolute Gasteiger partial charge is 0.489 e. The Balaban J connectivity index is 0.759. The molecular weight excluding hydrogens is 954 g/mol. The van der Waals surface area contributed by atoms with E-state index in [1.54, 1.807) is 35.7 Å². The molecule has 4 amide bonds. The maximum absolute atomic E-state index is 14.2. The first-order valence-electron chi connectivity index (χ1n) is 24.9. The molecule has 4 fully saturated rings. The standard InChI is InChI=1S/C54H68ClN9O7S/c1-31(33-10-12-34(13-11-33)45-32(2)58-30-72-45)59-48(68)42-24-38(65)28-64(42)49(69)46(52(3,4)5)60-44(66)29-70-40-22-37(23-40)62-18-20-63(21-19-62)43-17-15-36(27-57-43)47(67)61-50-53(6,7)51(54(50,8)9)71-39-16-14-35(26-56)41(55)25-39/h10-17,25,27,30-31,37-38,40,42,46,50-51,65H,18-24,28-29H2,1-9H3,(H,59,68)(H,60,66)(H,61,67)/t31-,37-,38+,40-,42-,46+,50-,51-/m0/s1. The lowest BCUT2D eigenvalue weighted by Crippen LogP contribution is -2.74. The molecule has 0 radical (unpaired) electrons. The number of ether oxygens (including phenoxy) is 2. The average Bonchev–Trinajstić information content (AvgIpc) is 3.95. The Hall–Kier alpha value is -5.64. The predicted octanol–water partition coefficient (Wildman–Crippen LogP) is 6.69. The molecule has 2 saturated heterocycles. The maximum Gasteiger partial charge on any atom is 0.253 e. The molecule has 8 rings (SSSR count). The number of thiazole rings is 1. The zero-order valence-electron chi connectivity index (χ0n) is 42.7. The van der Waals surface area contributed by atoms with E-state index < -0.39 is 46.2 Å². The first-order chi connectivity index (χ1) is 34.0. The summed E-state index contributed by atoms with van der Waals surface area (Å²) in [5.41, 5.74) is 4.13. The number of halogens is 1. The summed E-state index contributed by atoms with van der Waals surface area (Å²) < 4.78 is 12.4. The number of anilines is 1. The molecule has 4 aromatic rings. The van der Waals surface area contributed by atoms with Crippen molar-refractivity contribution in [2.45, 2.75) is 130 Å². The summed E-state index contributed by atoms with van der Waals surface area (Å²) in [6, 6.07) is 16.8. The van der Waals surface area contributed by atoms with Gasteiger partial charge in [0.15, 0.2) is 0 Å². The fourth-order valence-corrected chi connectivity index (χ4v) is 12.2. The second-order valence-electron chi connectivity index (χ2n) is 22.2. The Morgan fingerprint density at radius 3 is 2.25 bits per heavy atom. The number of piperazine rings is 1. The molecule has 72 heavy (non-hydrogen) atoms. The number of nitrogens with one attached hydrogen (secondary N) is 3. The monoisotopic (exact) mass is 1020 g/mol. The third-order valence-electron chi connectivity index (χ3n) is 15.2. The van der Waals surface area contributed by atoms with Crippen molar-refractivity contribution >= 4 is 52.4 Å². The quantitative estimate of drug-likeness (QED) is 0.0985. The molecule has 0 bridgehead atoms. The van der Waals surface area contributed by atoms with E-state index >= 15 is 0 Å². The summed E-state index contributed by atoms with van der Waals surface area (Å²) in [7, 11) is 0. The number of amides is 4. The summed E-state index contributed by atoms with van der Waals surface area (Å²) in [6.07, 6.45) is 2.14. The highest BCUT2D eigenvalue weighted by atomic mass is 35.5. The molecule has 2 aromatic carbocycles. The van der Waals surface area contributed by atoms with Gasteiger partial charge in [0, 0.05) is 74.3 Å². The minimum absolute atomic E-state index is 0.0103. The Labute approximate surface area is 431 Å². The van der Waals surface area contributed by atoms with Gasteiger partial charge in [-0.1, -0.05) is 84.3 Å². The van der Waals surface area contributed by atoms with Gasteiger partial charge in [0.25, 0.3) is 5.91 Å². The number of nitrogens with zero attached hydrogens (tertiary/aromatic N) is 6. The Bertz CT molecular complexity index is 2650. The number of pyridine rings is 1. The molecule has 16 nitrogen and oxygen atoms in total. The molecule has 2 aliphatic heterocycles. The molecule has 0 unspecified atom stereocenters. The van der Waals surface area contributed by atoms with E-state index in [4.69, 9.17) is 21.1 Å². The SMILES string of the molecule is Cc1ncsc1-c1ccc([C@H](C)NC(=O)[C@@H]2C[C@@H](O)CN2C(=O)[C@@H](NC(=O)CO[C@H]2C[C@H](N3CCN(c4ccc(C(=O)N[C@H]5C(C)(C)[C@H](Oc6ccc(C#N)c(Cl)c6)C5(C)C)cn4)CC3)C2)C(C)(C)C)cc1. The molecular formula is C54H68ClN9O7S. The molecule has 2 aromatic heterocycles. The number of rotatable bonds is 15. The van der Waals surface area contributed by atoms with E-state index in [2.05, 4.69) is 69.5 Å². The second-order valence-corrected chi connectivity index (χ2v) is 23.4. The summed E-state index contributed by atoms with van der Waals surface area (Å²) in [6.45, 7) is 20.8. The van der Waals surface area contributed by atoms with Crippen LogP contribution in [-0.4, -0.2) is 130 Å². The topological polar surface area (TPSA) is 202 Å². The lowest BCUT2D eigenvalue weighted by molar-refractivity contribution is -0.164. The van der Waals surface area contributed by atoms with Crippen LogP contribution in [0.25, 0.3) is 10.4 Å². The van der Waals surface area contributed by atoms with Crippen LogP contribution >= 0.6 is 22.9 Å². The van der Waals surface area contributed by atoms with Gasteiger partial charge in [-0.2, -0.15) is 5.26 Å². The summed E-state index contributed by atoms with van der Waals surface area (Å²) >= 11 is 7.84. The average molecular weight is 1020 g/mol. The van der Waals surface area contributed by atoms with E-state index in [0.29, 0.717) is 27.9 Å². The Morgan fingerprint density at radius 2 is 1.65 bits per heavy atom. The lowest BCUT2D eigenvalue weighted by atomic mass is 9.49. The highest BCUT2D eigenvalue weighted by molar-refractivity contribution is 7.13. The van der Waals surface area contributed by atoms with Gasteiger partial charge in [-0.25, -0.2) is 9.97 Å². The van der Waals surface area contributed by atoms with Crippen molar-refractivity contribution in [1.29, 1.82) is 5.26 Å². The number of nitriles is 1. The first-order valence-corrected chi connectivity index (χ1v) is 26.1. The van der Waals surface area contributed by atoms with Crippen molar-refractivity contribution in [2.75, 3.05) is 44.2 Å². The van der Waals surface area contributed by atoms with E-state index in [1.165, 1.54) is 4.90 Å². The van der Waals surface area contributed by atoms with Crippen LogP contribution in [0.15, 0.2) is 66.3 Å². The van der Waals surface area contributed by atoms with Crippen molar-refractivity contribution in [3.05, 3.63) is 93.7 Å². The van der Waals surface area contributed by atoms with E-state index in [-0.39, 0.29) is 55.7 Å². The smallest absolute Gasteiger partial charge is 0.253 e. The summed E-state index contributed by atoms with van der Waals surface area (Å²) in [5.74, 6) is -0.00283. The number of aliphatic hydroxyl groups excluding tert-OH is 1. The molecule has 18 heteroatoms. The van der Waals surface area contributed by atoms with Gasteiger partial charge in [-0.3, -0.25) is 24.1 Å². The normalized spacial score (nSPS) is 24.5. The Morgan fingerprint density at radius 1 is 0.958 bits per heavy atom. The molecule has 384 valence electrons. The van der Waals surface area contributed by atoms with Crippen LogP contribution in [-0.2, 0) is 19.1 Å². The summed E-state index contributed by atoms with van der Waals surface area (Å²) in [5, 5.41) is 29.5. The molecule has 4 aliphatic rings. The van der Waals surface area contributed by atoms with Gasteiger partial charge < -0.3 is 40.3 Å². The van der Waals surface area contributed by atoms with Gasteiger partial charge in [0.1, 0.15) is 42.4 Å². The van der Waals surface area contributed by atoms with Crippen molar-refractivity contribution in [1.82, 2.24) is 35.7 Å². The van der Waals surface area contributed by atoms with Crippen molar-refractivity contribution < 1.29 is 33.8 Å². The van der Waals surface area contributed by atoms with Gasteiger partial charge in [0.2, 0.25) is 17.7 Å². The molecule has 0 spiro atoms. The Kier molecular flexibility index (Phi) is 15.4. The fraction of sp³-hybridized carbons (Fsp3) is 0.537. The van der Waals surface area contributed by atoms with Crippen LogP contribution in [0.2, 0.25) is 5.02 Å². The van der Waals surface area contributed by atoms with Crippen molar-refractivity contribution in [3.8, 4) is 22.3 Å². The minimum atomic E-state index is -0.952. The van der Waals surface area contributed by atoms with Crippen LogP contribution in [0.1, 0.15) is 108 Å². The number of hydrogen-bond donors (Lipinski definition) is 4. The second kappa shape index (κ2) is 21.1. The number of aliphatic hydroxyl groups is 1. The molecule has 4 N–H and O–H groups in total. The van der Waals surface area contributed by atoms with Crippen molar-refractivity contribution in [2.24, 2.45) is 16.2 Å². The van der Waals surface area contributed by atoms with Crippen LogP contribution in [0, 0.1) is 34.5 Å². The number of aryl methyl sites for hydroxylation is 1. The van der Waals surface area contributed by atoms with Gasteiger partial charge in [-0.15, -0.1) is 11.3 Å². The predicted molar refractivity (Wildman–Crippen MR) is 277 cm³/mol. The molecule has 4 heterocycles. The van der Waals surface area contributed by atoms with Crippen LogP contribution < -0.4 is 25.6 Å². The van der Waals surface area contributed by atoms with Gasteiger partial charge in [-0.05, 0) is 67.5 Å². The van der Waals surface area contributed by atoms with Crippen molar-refractivity contribution in [3.63, 3.8) is 0 Å². The highest BCUT2D eigenvalue weighted by Crippen LogP contribution is 2.55. The highest BCUT2D eigenvalue weighted by Gasteiger charge is 2.64. The molecule has 4 atom stereocenters. The number of carbonyl (C=O) groups excluding carboxylic acids is 4. The maximum atomic E-state index is 14.2. The zero-order chi connectivity index (χ0) is 51.9. The van der Waals surface area contributed by atoms with E-state index in [0.717, 1.165) is 66.5 Å². The first kappa shape index (κ1) is 52.7. The number of aromatic nitrogens is 2. The third-order valence-corrected chi connectivity index (χ3v) is 16.5. The van der Waals surface area contributed by atoms with Crippen LogP contribution in [0.4, 0.5) is 5.82 Å².